The summed E-state index contributed by atoms with van der Waals surface area (Å²) in [5.74, 6) is 0.917. The van der Waals surface area contributed by atoms with E-state index in [9.17, 15) is 0 Å². The fraction of sp³-hybridized carbons (Fsp3) is 0.647. The van der Waals surface area contributed by atoms with Gasteiger partial charge in [0.15, 0.2) is 0 Å². The minimum absolute atomic E-state index is 0.526. The minimum atomic E-state index is 0.526. The molecular formula is C17H30N2O. The molecule has 20 heavy (non-hydrogen) atoms. The van der Waals surface area contributed by atoms with Gasteiger partial charge in [0.25, 0.3) is 0 Å². The lowest BCUT2D eigenvalue weighted by molar-refractivity contribution is 0.235. The summed E-state index contributed by atoms with van der Waals surface area (Å²) in [6.45, 7) is 8.77. The fourth-order valence-corrected chi connectivity index (χ4v) is 2.25. The Labute approximate surface area is 124 Å². The molecule has 0 heterocycles. The number of likely N-dealkylation sites (N-methyl/N-ethyl adjacent to an activating group) is 1. The highest BCUT2D eigenvalue weighted by Gasteiger charge is 2.11. The fourth-order valence-electron chi connectivity index (χ4n) is 2.25. The standard InChI is InChI=1S/C17H30N2O/c1-6-16(7-2)18-12-14(3)19(4)13-15-8-10-17(20-5)11-9-15/h8-11,14,16,18H,6-7,12-13H2,1-5H3. The molecule has 0 saturated heterocycles. The van der Waals surface area contributed by atoms with E-state index < -0.39 is 0 Å². The molecule has 1 aromatic carbocycles. The highest BCUT2D eigenvalue weighted by atomic mass is 16.5. The molecule has 1 N–H and O–H groups in total. The van der Waals surface area contributed by atoms with Crippen molar-refractivity contribution in [1.29, 1.82) is 0 Å². The Kier molecular flexibility index (Phi) is 7.63. The summed E-state index contributed by atoms with van der Waals surface area (Å²) in [6.07, 6.45) is 2.40. The van der Waals surface area contributed by atoms with Crippen LogP contribution in [0.25, 0.3) is 0 Å². The number of hydrogen-bond acceptors (Lipinski definition) is 3. The number of nitrogens with zero attached hydrogens (tertiary/aromatic N) is 1. The van der Waals surface area contributed by atoms with E-state index >= 15 is 0 Å². The molecule has 0 bridgehead atoms. The Bertz CT molecular complexity index is 360. The SMILES string of the molecule is CCC(CC)NCC(C)N(C)Cc1ccc(OC)cc1. The third-order valence-corrected chi connectivity index (χ3v) is 4.03. The van der Waals surface area contributed by atoms with Gasteiger partial charge in [-0.3, -0.25) is 4.90 Å². The van der Waals surface area contributed by atoms with E-state index in [4.69, 9.17) is 4.74 Å². The summed E-state index contributed by atoms with van der Waals surface area (Å²) in [4.78, 5) is 2.39. The first-order valence-corrected chi connectivity index (χ1v) is 7.67. The second-order valence-corrected chi connectivity index (χ2v) is 5.53. The van der Waals surface area contributed by atoms with Crippen molar-refractivity contribution in [3.8, 4) is 5.75 Å². The molecule has 0 aliphatic carbocycles. The molecule has 0 radical (unpaired) electrons. The van der Waals surface area contributed by atoms with Crippen LogP contribution in [0.3, 0.4) is 0 Å². The van der Waals surface area contributed by atoms with E-state index in [1.165, 1.54) is 18.4 Å². The van der Waals surface area contributed by atoms with Gasteiger partial charge in [0.2, 0.25) is 0 Å². The minimum Gasteiger partial charge on any atom is -0.497 e. The van der Waals surface area contributed by atoms with Gasteiger partial charge in [0.05, 0.1) is 7.11 Å². The van der Waals surface area contributed by atoms with E-state index in [0.29, 0.717) is 12.1 Å². The van der Waals surface area contributed by atoms with Gasteiger partial charge < -0.3 is 10.1 Å². The Hall–Kier alpha value is -1.06. The molecule has 3 nitrogen and oxygen atoms in total. The average Bonchev–Trinajstić information content (AvgIpc) is 2.48. The monoisotopic (exact) mass is 278 g/mol. The molecule has 3 heteroatoms. The topological polar surface area (TPSA) is 24.5 Å². The molecule has 1 atom stereocenters. The highest BCUT2D eigenvalue weighted by Crippen LogP contribution is 2.13. The smallest absolute Gasteiger partial charge is 0.118 e. The Balaban J connectivity index is 2.41. The maximum absolute atomic E-state index is 5.19. The summed E-state index contributed by atoms with van der Waals surface area (Å²) in [6, 6.07) is 9.49. The zero-order valence-corrected chi connectivity index (χ0v) is 13.6. The Morgan fingerprint density at radius 1 is 1.15 bits per heavy atom. The zero-order chi connectivity index (χ0) is 15.0. The van der Waals surface area contributed by atoms with Gasteiger partial charge in [-0.05, 0) is 44.5 Å². The molecule has 0 aliphatic heterocycles. The van der Waals surface area contributed by atoms with Crippen LogP contribution in [0.2, 0.25) is 0 Å². The van der Waals surface area contributed by atoms with Crippen LogP contribution in [-0.2, 0) is 6.54 Å². The van der Waals surface area contributed by atoms with Crippen molar-refractivity contribution in [3.63, 3.8) is 0 Å². The van der Waals surface area contributed by atoms with Gasteiger partial charge in [0, 0.05) is 25.2 Å². The van der Waals surface area contributed by atoms with Crippen molar-refractivity contribution in [1.82, 2.24) is 10.2 Å². The highest BCUT2D eigenvalue weighted by molar-refractivity contribution is 5.27. The summed E-state index contributed by atoms with van der Waals surface area (Å²) in [5, 5.41) is 3.64. The first-order valence-electron chi connectivity index (χ1n) is 7.67. The van der Waals surface area contributed by atoms with Gasteiger partial charge in [-0.25, -0.2) is 0 Å². The predicted molar refractivity (Wildman–Crippen MR) is 86.3 cm³/mol. The lowest BCUT2D eigenvalue weighted by Gasteiger charge is -2.27. The molecule has 0 fully saturated rings. The molecular weight excluding hydrogens is 248 g/mol. The first-order chi connectivity index (χ1) is 9.60. The maximum Gasteiger partial charge on any atom is 0.118 e. The van der Waals surface area contributed by atoms with E-state index in [1.54, 1.807) is 7.11 Å². The molecule has 114 valence electrons. The van der Waals surface area contributed by atoms with Gasteiger partial charge in [-0.2, -0.15) is 0 Å². The third-order valence-electron chi connectivity index (χ3n) is 4.03. The van der Waals surface area contributed by atoms with Gasteiger partial charge in [-0.1, -0.05) is 26.0 Å². The van der Waals surface area contributed by atoms with Crippen LogP contribution in [-0.4, -0.2) is 37.7 Å². The van der Waals surface area contributed by atoms with Crippen LogP contribution < -0.4 is 10.1 Å². The van der Waals surface area contributed by atoms with Crippen molar-refractivity contribution in [2.24, 2.45) is 0 Å². The number of methoxy groups -OCH3 is 1. The molecule has 0 aromatic heterocycles. The Morgan fingerprint density at radius 3 is 2.25 bits per heavy atom. The van der Waals surface area contributed by atoms with Crippen LogP contribution in [0.15, 0.2) is 24.3 Å². The van der Waals surface area contributed by atoms with Crippen LogP contribution in [0, 0.1) is 0 Å². The summed E-state index contributed by atoms with van der Waals surface area (Å²) in [5.41, 5.74) is 1.32. The number of benzene rings is 1. The average molecular weight is 278 g/mol. The van der Waals surface area contributed by atoms with Crippen molar-refractivity contribution < 1.29 is 4.74 Å². The van der Waals surface area contributed by atoms with Crippen molar-refractivity contribution in [3.05, 3.63) is 29.8 Å². The van der Waals surface area contributed by atoms with E-state index in [2.05, 4.69) is 50.2 Å². The number of rotatable bonds is 9. The molecule has 0 amide bonds. The molecule has 0 aliphatic rings. The van der Waals surface area contributed by atoms with Crippen LogP contribution in [0.5, 0.6) is 5.75 Å². The second-order valence-electron chi connectivity index (χ2n) is 5.53. The molecule has 0 saturated carbocycles. The predicted octanol–water partition coefficient (Wildman–Crippen LogP) is 3.29. The van der Waals surface area contributed by atoms with Crippen molar-refractivity contribution in [2.45, 2.75) is 52.2 Å². The summed E-state index contributed by atoms with van der Waals surface area (Å²) < 4.78 is 5.19. The van der Waals surface area contributed by atoms with Gasteiger partial charge >= 0.3 is 0 Å². The molecule has 1 aromatic rings. The van der Waals surface area contributed by atoms with Gasteiger partial charge in [-0.15, -0.1) is 0 Å². The van der Waals surface area contributed by atoms with Crippen LogP contribution in [0.1, 0.15) is 39.2 Å². The largest absolute Gasteiger partial charge is 0.497 e. The van der Waals surface area contributed by atoms with E-state index in [0.717, 1.165) is 18.8 Å². The normalized spacial score (nSPS) is 12.9. The van der Waals surface area contributed by atoms with Crippen molar-refractivity contribution >= 4 is 0 Å². The first kappa shape index (κ1) is 17.0. The van der Waals surface area contributed by atoms with Crippen LogP contribution in [0.4, 0.5) is 0 Å². The zero-order valence-electron chi connectivity index (χ0n) is 13.6. The van der Waals surface area contributed by atoms with Gasteiger partial charge in [0.1, 0.15) is 5.75 Å². The summed E-state index contributed by atoms with van der Waals surface area (Å²) >= 11 is 0. The molecule has 1 rings (SSSR count). The van der Waals surface area contributed by atoms with E-state index in [-0.39, 0.29) is 0 Å². The van der Waals surface area contributed by atoms with Crippen molar-refractivity contribution in [2.75, 3.05) is 20.7 Å². The summed E-state index contributed by atoms with van der Waals surface area (Å²) in [7, 11) is 3.89. The maximum atomic E-state index is 5.19. The number of ether oxygens (including phenoxy) is 1. The number of hydrogen-bond donors (Lipinski definition) is 1. The molecule has 0 spiro atoms. The second kappa shape index (κ2) is 8.98. The lowest BCUT2D eigenvalue weighted by atomic mass is 10.1. The quantitative estimate of drug-likeness (QED) is 0.750. The lowest BCUT2D eigenvalue weighted by Crippen LogP contribution is -2.41. The van der Waals surface area contributed by atoms with Crippen LogP contribution >= 0.6 is 0 Å². The molecule has 1 unspecified atom stereocenters. The third kappa shape index (κ3) is 5.51. The Morgan fingerprint density at radius 2 is 1.75 bits per heavy atom. The van der Waals surface area contributed by atoms with E-state index in [1.807, 2.05) is 12.1 Å². The number of nitrogens with one attached hydrogen (secondary N) is 1.